The molecule has 0 aliphatic rings. The van der Waals surface area contributed by atoms with Gasteiger partial charge in [-0.15, -0.1) is 0 Å². The first-order valence-corrected chi connectivity index (χ1v) is 6.70. The Kier molecular flexibility index (Phi) is 4.16. The number of rotatable bonds is 5. The first kappa shape index (κ1) is 12.1. The topological polar surface area (TPSA) is 72.0 Å². The Hall–Kier alpha value is -1.01. The largest absolute Gasteiger partial charge is 0.312 e. The summed E-state index contributed by atoms with van der Waals surface area (Å²) in [5, 5.41) is 3.02. The van der Waals surface area contributed by atoms with Crippen molar-refractivity contribution in [3.63, 3.8) is 0 Å². The molecule has 5 nitrogen and oxygen atoms in total. The molecule has 1 N–H and O–H groups in total. The van der Waals surface area contributed by atoms with Crippen LogP contribution in [0, 0.1) is 0 Å². The highest BCUT2D eigenvalue weighted by Crippen LogP contribution is 2.12. The fourth-order valence-corrected chi connectivity index (χ4v) is 1.93. The van der Waals surface area contributed by atoms with Crippen LogP contribution in [0.3, 0.4) is 0 Å². The summed E-state index contributed by atoms with van der Waals surface area (Å²) in [6.45, 7) is 0. The molecule has 1 aromatic heterocycles. The van der Waals surface area contributed by atoms with Gasteiger partial charge in [-0.25, -0.2) is 8.42 Å². The van der Waals surface area contributed by atoms with Crippen LogP contribution in [0.5, 0.6) is 0 Å². The zero-order chi connectivity index (χ0) is 11.3. The molecular weight excluding hydrogens is 214 g/mol. The van der Waals surface area contributed by atoms with Crippen LogP contribution in [0.25, 0.3) is 0 Å². The predicted molar refractivity (Wildman–Crippen MR) is 58.2 cm³/mol. The summed E-state index contributed by atoms with van der Waals surface area (Å²) >= 11 is 0. The van der Waals surface area contributed by atoms with Gasteiger partial charge in [0.15, 0.2) is 0 Å². The smallest absolute Gasteiger partial charge is 0.147 e. The van der Waals surface area contributed by atoms with Gasteiger partial charge in [-0.05, 0) is 13.5 Å². The average Bonchev–Trinajstić information content (AvgIpc) is 2.19. The van der Waals surface area contributed by atoms with Gasteiger partial charge >= 0.3 is 0 Å². The summed E-state index contributed by atoms with van der Waals surface area (Å²) in [6.07, 6.45) is 6.57. The summed E-state index contributed by atoms with van der Waals surface area (Å²) in [4.78, 5) is 8.08. The molecule has 1 rings (SSSR count). The van der Waals surface area contributed by atoms with Gasteiger partial charge in [-0.1, -0.05) is 0 Å². The maximum atomic E-state index is 11.0. The lowest BCUT2D eigenvalue weighted by atomic mass is 10.2. The SMILES string of the molecule is CNC(CCS(C)(=O)=O)c1cnccn1. The number of hydrogen-bond donors (Lipinski definition) is 1. The van der Waals surface area contributed by atoms with Crippen molar-refractivity contribution in [2.24, 2.45) is 0 Å². The van der Waals surface area contributed by atoms with E-state index in [9.17, 15) is 8.42 Å². The van der Waals surface area contributed by atoms with E-state index in [0.717, 1.165) is 5.69 Å². The quantitative estimate of drug-likeness (QED) is 0.779. The summed E-state index contributed by atoms with van der Waals surface area (Å²) < 4.78 is 22.0. The molecule has 0 aliphatic heterocycles. The van der Waals surface area contributed by atoms with Gasteiger partial charge < -0.3 is 5.32 Å². The molecule has 1 atom stereocenters. The Labute approximate surface area is 89.9 Å². The number of aromatic nitrogens is 2. The van der Waals surface area contributed by atoms with E-state index in [1.165, 1.54) is 6.26 Å². The van der Waals surface area contributed by atoms with Crippen LogP contribution < -0.4 is 5.32 Å². The zero-order valence-corrected chi connectivity index (χ0v) is 9.66. The van der Waals surface area contributed by atoms with Crippen molar-refractivity contribution in [2.45, 2.75) is 12.5 Å². The Morgan fingerprint density at radius 2 is 2.20 bits per heavy atom. The van der Waals surface area contributed by atoms with Crippen molar-refractivity contribution in [1.29, 1.82) is 0 Å². The van der Waals surface area contributed by atoms with E-state index in [1.807, 2.05) is 0 Å². The average molecular weight is 229 g/mol. The molecule has 6 heteroatoms. The van der Waals surface area contributed by atoms with Crippen molar-refractivity contribution < 1.29 is 8.42 Å². The van der Waals surface area contributed by atoms with Gasteiger partial charge in [-0.2, -0.15) is 0 Å². The minimum absolute atomic E-state index is 0.0616. The van der Waals surface area contributed by atoms with Crippen LogP contribution in [-0.4, -0.2) is 37.4 Å². The molecular formula is C9H15N3O2S. The molecule has 0 saturated carbocycles. The highest BCUT2D eigenvalue weighted by atomic mass is 32.2. The van der Waals surface area contributed by atoms with E-state index in [1.54, 1.807) is 25.6 Å². The van der Waals surface area contributed by atoms with Crippen molar-refractivity contribution in [1.82, 2.24) is 15.3 Å². The van der Waals surface area contributed by atoms with Crippen molar-refractivity contribution in [3.05, 3.63) is 24.3 Å². The van der Waals surface area contributed by atoms with Gasteiger partial charge in [0.2, 0.25) is 0 Å². The number of nitrogens with one attached hydrogen (secondary N) is 1. The predicted octanol–water partition coefficient (Wildman–Crippen LogP) is 0.172. The Balaban J connectivity index is 2.66. The number of hydrogen-bond acceptors (Lipinski definition) is 5. The minimum atomic E-state index is -2.93. The first-order chi connectivity index (χ1) is 7.03. The van der Waals surface area contributed by atoms with Crippen LogP contribution in [0.1, 0.15) is 18.2 Å². The summed E-state index contributed by atoms with van der Waals surface area (Å²) in [5.74, 6) is 0.148. The Bertz CT molecular complexity index is 391. The van der Waals surface area contributed by atoms with E-state index in [2.05, 4.69) is 15.3 Å². The molecule has 1 unspecified atom stereocenters. The van der Waals surface area contributed by atoms with Gasteiger partial charge in [0.1, 0.15) is 9.84 Å². The number of nitrogens with zero attached hydrogens (tertiary/aromatic N) is 2. The van der Waals surface area contributed by atoms with Gasteiger partial charge in [0.05, 0.1) is 17.5 Å². The molecule has 0 aromatic carbocycles. The van der Waals surface area contributed by atoms with E-state index >= 15 is 0 Å². The maximum Gasteiger partial charge on any atom is 0.147 e. The summed E-state index contributed by atoms with van der Waals surface area (Å²) in [6, 6.07) is -0.0616. The van der Waals surface area contributed by atoms with Crippen LogP contribution in [-0.2, 0) is 9.84 Å². The van der Waals surface area contributed by atoms with Gasteiger partial charge in [0, 0.05) is 24.8 Å². The standard InChI is InChI=1S/C9H15N3O2S/c1-10-8(3-6-15(2,13)14)9-7-11-4-5-12-9/h4-5,7-8,10H,3,6H2,1-2H3. The van der Waals surface area contributed by atoms with Gasteiger partial charge in [0.25, 0.3) is 0 Å². The third kappa shape index (κ3) is 4.35. The molecule has 0 saturated heterocycles. The molecule has 84 valence electrons. The fraction of sp³-hybridized carbons (Fsp3) is 0.556. The molecule has 0 bridgehead atoms. The minimum Gasteiger partial charge on any atom is -0.312 e. The first-order valence-electron chi connectivity index (χ1n) is 4.64. The molecule has 15 heavy (non-hydrogen) atoms. The van der Waals surface area contributed by atoms with E-state index in [4.69, 9.17) is 0 Å². The summed E-state index contributed by atoms with van der Waals surface area (Å²) in [7, 11) is -1.15. The van der Waals surface area contributed by atoms with Crippen LogP contribution in [0.2, 0.25) is 0 Å². The monoisotopic (exact) mass is 229 g/mol. The van der Waals surface area contributed by atoms with Crippen LogP contribution in [0.15, 0.2) is 18.6 Å². The lowest BCUT2D eigenvalue weighted by Gasteiger charge is -2.13. The number of sulfone groups is 1. The second kappa shape index (κ2) is 5.18. The highest BCUT2D eigenvalue weighted by Gasteiger charge is 2.13. The molecule has 0 radical (unpaired) electrons. The maximum absolute atomic E-state index is 11.0. The van der Waals surface area contributed by atoms with Gasteiger partial charge in [-0.3, -0.25) is 9.97 Å². The molecule has 1 aromatic rings. The second-order valence-electron chi connectivity index (χ2n) is 3.39. The highest BCUT2D eigenvalue weighted by molar-refractivity contribution is 7.90. The van der Waals surface area contributed by atoms with E-state index < -0.39 is 9.84 Å². The van der Waals surface area contributed by atoms with Crippen molar-refractivity contribution >= 4 is 9.84 Å². The Morgan fingerprint density at radius 3 is 2.67 bits per heavy atom. The van der Waals surface area contributed by atoms with Crippen LogP contribution >= 0.6 is 0 Å². The van der Waals surface area contributed by atoms with Crippen molar-refractivity contribution in [3.8, 4) is 0 Å². The van der Waals surface area contributed by atoms with Crippen molar-refractivity contribution in [2.75, 3.05) is 19.1 Å². The third-order valence-corrected chi connectivity index (χ3v) is 3.04. The van der Waals surface area contributed by atoms with E-state index in [-0.39, 0.29) is 11.8 Å². The molecule has 0 fully saturated rings. The molecule has 0 aliphatic carbocycles. The zero-order valence-electron chi connectivity index (χ0n) is 8.84. The third-order valence-electron chi connectivity index (χ3n) is 2.07. The summed E-state index contributed by atoms with van der Waals surface area (Å²) in [5.41, 5.74) is 0.767. The molecule has 1 heterocycles. The fourth-order valence-electron chi connectivity index (χ4n) is 1.26. The van der Waals surface area contributed by atoms with Crippen LogP contribution in [0.4, 0.5) is 0 Å². The second-order valence-corrected chi connectivity index (χ2v) is 5.65. The van der Waals surface area contributed by atoms with E-state index in [0.29, 0.717) is 6.42 Å². The normalized spacial score (nSPS) is 13.7. The molecule has 0 spiro atoms. The Morgan fingerprint density at radius 1 is 1.47 bits per heavy atom. The molecule has 0 amide bonds. The lowest BCUT2D eigenvalue weighted by molar-refractivity contribution is 0.547. The lowest BCUT2D eigenvalue weighted by Crippen LogP contribution is -2.21.